The summed E-state index contributed by atoms with van der Waals surface area (Å²) >= 11 is 6.01. The fraction of sp³-hybridized carbons (Fsp3) is 0.375. The minimum Gasteiger partial charge on any atom is -0.481 e. The van der Waals surface area contributed by atoms with Crippen LogP contribution in [0.15, 0.2) is 30.5 Å². The number of carbonyl (C=O) groups excluding carboxylic acids is 1. The zero-order valence-electron chi connectivity index (χ0n) is 12.3. The summed E-state index contributed by atoms with van der Waals surface area (Å²) in [5.41, 5.74) is 0.0682. The molecule has 1 aromatic heterocycles. The highest BCUT2D eigenvalue weighted by molar-refractivity contribution is 6.31. The van der Waals surface area contributed by atoms with Crippen LogP contribution in [0.25, 0.3) is 10.9 Å². The van der Waals surface area contributed by atoms with Crippen LogP contribution >= 0.6 is 11.6 Å². The van der Waals surface area contributed by atoms with Gasteiger partial charge in [-0.2, -0.15) is 0 Å². The topological polar surface area (TPSA) is 62.5 Å². The van der Waals surface area contributed by atoms with Gasteiger partial charge < -0.3 is 14.6 Å². The number of benzene rings is 1. The van der Waals surface area contributed by atoms with Crippen LogP contribution in [0.2, 0.25) is 5.02 Å². The fourth-order valence-corrected chi connectivity index (χ4v) is 3.06. The zero-order chi connectivity index (χ0) is 15.9. The van der Waals surface area contributed by atoms with Gasteiger partial charge >= 0.3 is 5.97 Å². The van der Waals surface area contributed by atoms with Crippen molar-refractivity contribution in [2.24, 2.45) is 5.41 Å². The number of amides is 1. The monoisotopic (exact) mass is 320 g/mol. The van der Waals surface area contributed by atoms with Crippen LogP contribution in [0.3, 0.4) is 0 Å². The van der Waals surface area contributed by atoms with E-state index < -0.39 is 11.4 Å². The Bertz CT molecular complexity index is 755. The van der Waals surface area contributed by atoms with E-state index in [9.17, 15) is 14.7 Å². The summed E-state index contributed by atoms with van der Waals surface area (Å²) in [6, 6.07) is 7.49. The summed E-state index contributed by atoms with van der Waals surface area (Å²) in [6.45, 7) is 2.63. The Morgan fingerprint density at radius 2 is 2.14 bits per heavy atom. The molecular formula is C16H17ClN2O3. The molecule has 1 aliphatic rings. The number of hydrogen-bond donors (Lipinski definition) is 1. The number of nitrogens with zero attached hydrogens (tertiary/aromatic N) is 2. The second-order valence-electron chi connectivity index (χ2n) is 6.08. The van der Waals surface area contributed by atoms with Crippen LogP contribution in [0.4, 0.5) is 0 Å². The highest BCUT2D eigenvalue weighted by Gasteiger charge is 2.42. The van der Waals surface area contributed by atoms with Crippen molar-refractivity contribution in [2.75, 3.05) is 13.1 Å². The second-order valence-corrected chi connectivity index (χ2v) is 6.51. The van der Waals surface area contributed by atoms with Crippen molar-refractivity contribution in [1.29, 1.82) is 0 Å². The molecule has 0 spiro atoms. The van der Waals surface area contributed by atoms with Crippen molar-refractivity contribution in [1.82, 2.24) is 9.47 Å². The molecule has 1 unspecified atom stereocenters. The molecule has 1 fully saturated rings. The maximum atomic E-state index is 12.4. The number of aliphatic carboxylic acids is 1. The van der Waals surface area contributed by atoms with E-state index in [1.54, 1.807) is 11.8 Å². The van der Waals surface area contributed by atoms with Crippen LogP contribution in [0, 0.1) is 5.41 Å². The molecule has 1 amide bonds. The SMILES string of the molecule is CC1(C(=O)O)CCN(C(=O)Cn2ccc3ccc(Cl)cc32)C1. The molecule has 3 rings (SSSR count). The van der Waals surface area contributed by atoms with Gasteiger partial charge in [0.2, 0.25) is 5.91 Å². The fourth-order valence-electron chi connectivity index (χ4n) is 2.89. The highest BCUT2D eigenvalue weighted by atomic mass is 35.5. The summed E-state index contributed by atoms with van der Waals surface area (Å²) < 4.78 is 1.85. The second kappa shape index (κ2) is 5.32. The number of halogens is 1. The Labute approximate surface area is 133 Å². The molecule has 2 aromatic rings. The lowest BCUT2D eigenvalue weighted by Crippen LogP contribution is -2.36. The van der Waals surface area contributed by atoms with Crippen molar-refractivity contribution in [3.05, 3.63) is 35.5 Å². The van der Waals surface area contributed by atoms with Gasteiger partial charge in [0.15, 0.2) is 0 Å². The Balaban J connectivity index is 1.77. The third-order valence-corrected chi connectivity index (χ3v) is 4.62. The summed E-state index contributed by atoms with van der Waals surface area (Å²) in [5, 5.41) is 10.9. The molecule has 0 radical (unpaired) electrons. The molecule has 1 saturated heterocycles. The normalized spacial score (nSPS) is 21.5. The number of fused-ring (bicyclic) bond motifs is 1. The lowest BCUT2D eigenvalue weighted by Gasteiger charge is -2.20. The molecule has 0 aliphatic carbocycles. The van der Waals surface area contributed by atoms with Crippen molar-refractivity contribution in [2.45, 2.75) is 19.9 Å². The number of likely N-dealkylation sites (tertiary alicyclic amines) is 1. The number of carboxylic acids is 1. The van der Waals surface area contributed by atoms with Gasteiger partial charge in [-0.15, -0.1) is 0 Å². The number of rotatable bonds is 3. The van der Waals surface area contributed by atoms with E-state index in [0.29, 0.717) is 18.0 Å². The molecule has 5 nitrogen and oxygen atoms in total. The Hall–Kier alpha value is -2.01. The summed E-state index contributed by atoms with van der Waals surface area (Å²) in [6.07, 6.45) is 2.34. The molecule has 0 bridgehead atoms. The van der Waals surface area contributed by atoms with E-state index >= 15 is 0 Å². The Kier molecular flexibility index (Phi) is 3.60. The molecule has 1 atom stereocenters. The van der Waals surface area contributed by atoms with Crippen LogP contribution < -0.4 is 0 Å². The van der Waals surface area contributed by atoms with Gasteiger partial charge in [-0.3, -0.25) is 9.59 Å². The third kappa shape index (κ3) is 2.57. The minimum atomic E-state index is -0.846. The molecule has 116 valence electrons. The summed E-state index contributed by atoms with van der Waals surface area (Å²) in [7, 11) is 0. The van der Waals surface area contributed by atoms with E-state index in [-0.39, 0.29) is 19.0 Å². The quantitative estimate of drug-likeness (QED) is 0.945. The van der Waals surface area contributed by atoms with E-state index in [2.05, 4.69) is 0 Å². The van der Waals surface area contributed by atoms with Crippen LogP contribution in [0.5, 0.6) is 0 Å². The molecule has 1 N–H and O–H groups in total. The Morgan fingerprint density at radius 1 is 1.36 bits per heavy atom. The van der Waals surface area contributed by atoms with E-state index in [4.69, 9.17) is 11.6 Å². The van der Waals surface area contributed by atoms with E-state index in [0.717, 1.165) is 10.9 Å². The van der Waals surface area contributed by atoms with Crippen molar-refractivity contribution >= 4 is 34.4 Å². The predicted octanol–water partition coefficient (Wildman–Crippen LogP) is 2.62. The van der Waals surface area contributed by atoms with Crippen molar-refractivity contribution in [3.8, 4) is 0 Å². The molecule has 0 saturated carbocycles. The highest BCUT2D eigenvalue weighted by Crippen LogP contribution is 2.30. The Morgan fingerprint density at radius 3 is 2.82 bits per heavy atom. The molecule has 1 aromatic carbocycles. The number of carbonyl (C=O) groups is 2. The van der Waals surface area contributed by atoms with Crippen molar-refractivity contribution in [3.63, 3.8) is 0 Å². The standard InChI is InChI=1S/C16H17ClN2O3/c1-16(15(21)22)5-7-19(10-16)14(20)9-18-6-4-11-2-3-12(17)8-13(11)18/h2-4,6,8H,5,7,9-10H2,1H3,(H,21,22). The number of aromatic nitrogens is 1. The maximum Gasteiger partial charge on any atom is 0.311 e. The van der Waals surface area contributed by atoms with Gasteiger partial charge in [0.25, 0.3) is 0 Å². The molecule has 22 heavy (non-hydrogen) atoms. The molecule has 2 heterocycles. The first-order valence-corrected chi connectivity index (χ1v) is 7.52. The lowest BCUT2D eigenvalue weighted by atomic mass is 9.90. The van der Waals surface area contributed by atoms with Gasteiger partial charge in [-0.05, 0) is 36.9 Å². The first kappa shape index (κ1) is 14.9. The zero-order valence-corrected chi connectivity index (χ0v) is 13.0. The third-order valence-electron chi connectivity index (χ3n) is 4.38. The molecular weight excluding hydrogens is 304 g/mol. The molecule has 1 aliphatic heterocycles. The largest absolute Gasteiger partial charge is 0.481 e. The summed E-state index contributed by atoms with van der Waals surface area (Å²) in [4.78, 5) is 25.3. The van der Waals surface area contributed by atoms with Gasteiger partial charge in [0, 0.05) is 29.8 Å². The van der Waals surface area contributed by atoms with E-state index in [1.807, 2.05) is 35.0 Å². The summed E-state index contributed by atoms with van der Waals surface area (Å²) in [5.74, 6) is -0.913. The van der Waals surface area contributed by atoms with Gasteiger partial charge in [-0.1, -0.05) is 17.7 Å². The van der Waals surface area contributed by atoms with Gasteiger partial charge in [-0.25, -0.2) is 0 Å². The van der Waals surface area contributed by atoms with Gasteiger partial charge in [0.05, 0.1) is 5.41 Å². The maximum absolute atomic E-state index is 12.4. The minimum absolute atomic E-state index is 0.0672. The van der Waals surface area contributed by atoms with E-state index in [1.165, 1.54) is 0 Å². The van der Waals surface area contributed by atoms with Crippen LogP contribution in [-0.4, -0.2) is 39.5 Å². The average Bonchev–Trinajstić information content (AvgIpc) is 3.04. The van der Waals surface area contributed by atoms with Crippen LogP contribution in [0.1, 0.15) is 13.3 Å². The van der Waals surface area contributed by atoms with Crippen LogP contribution in [-0.2, 0) is 16.1 Å². The smallest absolute Gasteiger partial charge is 0.311 e. The van der Waals surface area contributed by atoms with Gasteiger partial charge in [0.1, 0.15) is 6.54 Å². The number of carboxylic acid groups (broad SMARTS) is 1. The van der Waals surface area contributed by atoms with Crippen molar-refractivity contribution < 1.29 is 14.7 Å². The predicted molar refractivity (Wildman–Crippen MR) is 83.9 cm³/mol. The average molecular weight is 321 g/mol. The number of hydrogen-bond acceptors (Lipinski definition) is 2. The molecule has 6 heteroatoms. The first-order chi connectivity index (χ1) is 10.4. The first-order valence-electron chi connectivity index (χ1n) is 7.15. The lowest BCUT2D eigenvalue weighted by molar-refractivity contribution is -0.147.